The summed E-state index contributed by atoms with van der Waals surface area (Å²) in [7, 11) is 0. The van der Waals surface area contributed by atoms with Crippen LogP contribution in [0, 0.1) is 17.7 Å². The van der Waals surface area contributed by atoms with Crippen LogP contribution in [0.4, 0.5) is 4.39 Å². The zero-order valence-corrected chi connectivity index (χ0v) is 10.1. The Hall–Kier alpha value is -1.38. The molecule has 2 aliphatic carbocycles. The number of ether oxygens (including phenoxy) is 1. The lowest BCUT2D eigenvalue weighted by molar-refractivity contribution is -0.000714. The monoisotopic (exact) mass is 246 g/mol. The van der Waals surface area contributed by atoms with Gasteiger partial charge in [0.05, 0.1) is 12.0 Å². The van der Waals surface area contributed by atoms with Crippen molar-refractivity contribution in [2.45, 2.75) is 37.7 Å². The van der Waals surface area contributed by atoms with Crippen LogP contribution >= 0.6 is 0 Å². The first-order valence-corrected chi connectivity index (χ1v) is 6.68. The van der Waals surface area contributed by atoms with Crippen LogP contribution < -0.4 is 4.74 Å². The summed E-state index contributed by atoms with van der Waals surface area (Å²) in [6.45, 7) is 0. The lowest BCUT2D eigenvalue weighted by Gasteiger charge is -2.41. The van der Waals surface area contributed by atoms with E-state index >= 15 is 0 Å². The van der Waals surface area contributed by atoms with Crippen LogP contribution in [0.2, 0.25) is 0 Å². The summed E-state index contributed by atoms with van der Waals surface area (Å²) in [6.07, 6.45) is 5.05. The van der Waals surface area contributed by atoms with Crippen molar-refractivity contribution in [3.63, 3.8) is 0 Å². The summed E-state index contributed by atoms with van der Waals surface area (Å²) in [5, 5.41) is 0. The van der Waals surface area contributed by atoms with Crippen molar-refractivity contribution in [3.8, 4) is 5.75 Å². The summed E-state index contributed by atoms with van der Waals surface area (Å²) in [6, 6.07) is 4.24. The maximum Gasteiger partial charge on any atom is 0.170 e. The molecule has 2 saturated carbocycles. The molecule has 1 spiro atoms. The molecule has 2 bridgehead atoms. The van der Waals surface area contributed by atoms with E-state index in [4.69, 9.17) is 4.74 Å². The van der Waals surface area contributed by atoms with Crippen LogP contribution in [0.5, 0.6) is 5.75 Å². The molecule has 1 aliphatic heterocycles. The molecular formula is C15H15FO2. The number of halogens is 1. The molecule has 3 atom stereocenters. The third-order valence-corrected chi connectivity index (χ3v) is 4.94. The number of rotatable bonds is 0. The maximum atomic E-state index is 13.3. The fourth-order valence-electron chi connectivity index (χ4n) is 4.17. The van der Waals surface area contributed by atoms with Gasteiger partial charge in [0.25, 0.3) is 0 Å². The fourth-order valence-corrected chi connectivity index (χ4v) is 4.17. The van der Waals surface area contributed by atoms with Crippen molar-refractivity contribution in [1.29, 1.82) is 0 Å². The molecule has 0 N–H and O–H groups in total. The van der Waals surface area contributed by atoms with Crippen LogP contribution in [-0.2, 0) is 0 Å². The third-order valence-electron chi connectivity index (χ3n) is 4.94. The van der Waals surface area contributed by atoms with Crippen LogP contribution in [0.15, 0.2) is 18.2 Å². The van der Waals surface area contributed by atoms with Crippen molar-refractivity contribution in [2.75, 3.05) is 0 Å². The van der Waals surface area contributed by atoms with Crippen LogP contribution in [0.25, 0.3) is 0 Å². The molecule has 1 aromatic carbocycles. The second-order valence-corrected chi connectivity index (χ2v) is 5.99. The van der Waals surface area contributed by atoms with Gasteiger partial charge in [-0.25, -0.2) is 4.39 Å². The largest absolute Gasteiger partial charge is 0.486 e. The summed E-state index contributed by atoms with van der Waals surface area (Å²) in [5.74, 6) is 1.44. The highest BCUT2D eigenvalue weighted by Crippen LogP contribution is 2.56. The average molecular weight is 246 g/mol. The summed E-state index contributed by atoms with van der Waals surface area (Å²) in [5.41, 5.74) is 0.227. The molecular weight excluding hydrogens is 231 g/mol. The van der Waals surface area contributed by atoms with Gasteiger partial charge in [-0.2, -0.15) is 0 Å². The van der Waals surface area contributed by atoms with E-state index in [1.807, 2.05) is 0 Å². The van der Waals surface area contributed by atoms with E-state index in [9.17, 15) is 9.18 Å². The van der Waals surface area contributed by atoms with Gasteiger partial charge in [0.15, 0.2) is 5.78 Å². The Balaban J connectivity index is 1.77. The molecule has 18 heavy (non-hydrogen) atoms. The van der Waals surface area contributed by atoms with Crippen molar-refractivity contribution in [2.24, 2.45) is 11.8 Å². The highest BCUT2D eigenvalue weighted by molar-refractivity contribution is 6.00. The van der Waals surface area contributed by atoms with Gasteiger partial charge < -0.3 is 4.74 Å². The number of carbonyl (C=O) groups is 1. The first-order chi connectivity index (χ1) is 8.66. The van der Waals surface area contributed by atoms with Crippen molar-refractivity contribution < 1.29 is 13.9 Å². The SMILES string of the molecule is O=C1CC2(CC3CCC2C3)Oc2cc(F)ccc21. The van der Waals surface area contributed by atoms with E-state index < -0.39 is 0 Å². The first-order valence-electron chi connectivity index (χ1n) is 6.68. The minimum Gasteiger partial charge on any atom is -0.486 e. The molecule has 0 radical (unpaired) electrons. The molecule has 0 amide bonds. The smallest absolute Gasteiger partial charge is 0.170 e. The predicted molar refractivity (Wildman–Crippen MR) is 64.2 cm³/mol. The molecule has 3 heteroatoms. The third kappa shape index (κ3) is 1.30. The number of hydrogen-bond acceptors (Lipinski definition) is 2. The highest BCUT2D eigenvalue weighted by atomic mass is 19.1. The highest BCUT2D eigenvalue weighted by Gasteiger charge is 2.55. The Labute approximate surface area is 105 Å². The maximum absolute atomic E-state index is 13.3. The minimum absolute atomic E-state index is 0.115. The number of fused-ring (bicyclic) bond motifs is 4. The number of carbonyl (C=O) groups excluding carboxylic acids is 1. The zero-order valence-electron chi connectivity index (χ0n) is 10.1. The molecule has 0 aromatic heterocycles. The molecule has 3 aliphatic rings. The summed E-state index contributed by atoms with van der Waals surface area (Å²) >= 11 is 0. The lowest BCUT2D eigenvalue weighted by atomic mass is 9.77. The molecule has 3 unspecified atom stereocenters. The molecule has 2 nitrogen and oxygen atoms in total. The van der Waals surface area contributed by atoms with E-state index in [0.717, 1.165) is 12.8 Å². The first kappa shape index (κ1) is 10.5. The molecule has 94 valence electrons. The van der Waals surface area contributed by atoms with Crippen molar-refractivity contribution in [3.05, 3.63) is 29.6 Å². The van der Waals surface area contributed by atoms with Crippen LogP contribution in [0.3, 0.4) is 0 Å². The average Bonchev–Trinajstić information content (AvgIpc) is 2.88. The second-order valence-electron chi connectivity index (χ2n) is 5.99. The van der Waals surface area contributed by atoms with Gasteiger partial charge in [-0.05, 0) is 49.7 Å². The Morgan fingerprint density at radius 3 is 2.94 bits per heavy atom. The van der Waals surface area contributed by atoms with E-state index in [0.29, 0.717) is 29.6 Å². The molecule has 0 saturated heterocycles. The van der Waals surface area contributed by atoms with E-state index in [-0.39, 0.29) is 17.2 Å². The number of Topliss-reactive ketones (excluding diaryl/α,β-unsaturated/α-hetero) is 1. The zero-order chi connectivity index (χ0) is 12.3. The Bertz CT molecular complexity index is 539. The molecule has 1 heterocycles. The van der Waals surface area contributed by atoms with Gasteiger partial charge in [0, 0.05) is 6.07 Å². The van der Waals surface area contributed by atoms with E-state index in [1.54, 1.807) is 6.07 Å². The van der Waals surface area contributed by atoms with Crippen LogP contribution in [-0.4, -0.2) is 11.4 Å². The molecule has 2 fully saturated rings. The normalized spacial score (nSPS) is 36.8. The molecule has 1 aromatic rings. The quantitative estimate of drug-likeness (QED) is 0.701. The fraction of sp³-hybridized carbons (Fsp3) is 0.533. The van der Waals surface area contributed by atoms with Gasteiger partial charge in [0.2, 0.25) is 0 Å². The van der Waals surface area contributed by atoms with Crippen molar-refractivity contribution >= 4 is 5.78 Å². The topological polar surface area (TPSA) is 26.3 Å². The number of ketones is 1. The summed E-state index contributed by atoms with van der Waals surface area (Å²) < 4.78 is 19.4. The van der Waals surface area contributed by atoms with Gasteiger partial charge in [-0.1, -0.05) is 0 Å². The molecule has 4 rings (SSSR count). The standard InChI is InChI=1S/C15H15FO2/c16-11-3-4-12-13(17)8-15(18-14(12)6-11)7-9-1-2-10(15)5-9/h3-4,6,9-10H,1-2,5,7-8H2. The minimum atomic E-state index is -0.332. The van der Waals surface area contributed by atoms with E-state index in [1.165, 1.54) is 25.0 Å². The van der Waals surface area contributed by atoms with Gasteiger partial charge in [-0.15, -0.1) is 0 Å². The van der Waals surface area contributed by atoms with Gasteiger partial charge >= 0.3 is 0 Å². The Morgan fingerprint density at radius 2 is 2.22 bits per heavy atom. The Kier molecular flexibility index (Phi) is 1.95. The Morgan fingerprint density at radius 1 is 1.33 bits per heavy atom. The number of benzene rings is 1. The van der Waals surface area contributed by atoms with E-state index in [2.05, 4.69) is 0 Å². The second kappa shape index (κ2) is 3.34. The van der Waals surface area contributed by atoms with Crippen molar-refractivity contribution in [1.82, 2.24) is 0 Å². The lowest BCUT2D eigenvalue weighted by Crippen LogP contribution is -2.46. The van der Waals surface area contributed by atoms with Gasteiger partial charge in [0.1, 0.15) is 17.2 Å². The number of hydrogen-bond donors (Lipinski definition) is 0. The van der Waals surface area contributed by atoms with Crippen LogP contribution in [0.1, 0.15) is 42.5 Å². The predicted octanol–water partition coefficient (Wildman–Crippen LogP) is 3.35. The van der Waals surface area contributed by atoms with Gasteiger partial charge in [-0.3, -0.25) is 4.79 Å². The summed E-state index contributed by atoms with van der Waals surface area (Å²) in [4.78, 5) is 12.2.